The van der Waals surface area contributed by atoms with Gasteiger partial charge in [-0.15, -0.1) is 0 Å². The van der Waals surface area contributed by atoms with E-state index in [9.17, 15) is 0 Å². The van der Waals surface area contributed by atoms with Gasteiger partial charge in [-0.3, -0.25) is 0 Å². The van der Waals surface area contributed by atoms with E-state index in [-0.39, 0.29) is 6.04 Å². The monoisotopic (exact) mass is 128 g/mol. The van der Waals surface area contributed by atoms with Crippen molar-refractivity contribution in [3.63, 3.8) is 0 Å². The van der Waals surface area contributed by atoms with Gasteiger partial charge in [0.15, 0.2) is 0 Å². The van der Waals surface area contributed by atoms with Gasteiger partial charge in [0.25, 0.3) is 0 Å². The summed E-state index contributed by atoms with van der Waals surface area (Å²) in [6.07, 6.45) is 2.85. The highest BCUT2D eigenvalue weighted by Gasteiger charge is 2.08. The second-order valence-electron chi connectivity index (χ2n) is 2.18. The molecule has 0 spiro atoms. The van der Waals surface area contributed by atoms with Gasteiger partial charge in [-0.05, 0) is 12.5 Å². The van der Waals surface area contributed by atoms with Crippen LogP contribution < -0.4 is 11.5 Å². The molecule has 0 saturated heterocycles. The fourth-order valence-electron chi connectivity index (χ4n) is 0.766. The third kappa shape index (κ3) is 1.69. The van der Waals surface area contributed by atoms with Gasteiger partial charge in [-0.1, -0.05) is 0 Å². The van der Waals surface area contributed by atoms with E-state index in [0.29, 0.717) is 13.2 Å². The maximum Gasteiger partial charge on any atom is 0.106 e. The SMILES string of the molecule is NCC1=CCC(N)CO1. The van der Waals surface area contributed by atoms with Crippen LogP contribution in [0.25, 0.3) is 0 Å². The molecule has 1 rings (SSSR count). The third-order valence-electron chi connectivity index (χ3n) is 1.33. The minimum absolute atomic E-state index is 0.167. The van der Waals surface area contributed by atoms with Gasteiger partial charge in [-0.25, -0.2) is 0 Å². The maximum absolute atomic E-state index is 5.54. The van der Waals surface area contributed by atoms with Crippen molar-refractivity contribution in [3.8, 4) is 0 Å². The average molecular weight is 128 g/mol. The summed E-state index contributed by atoms with van der Waals surface area (Å²) in [4.78, 5) is 0. The van der Waals surface area contributed by atoms with Crippen LogP contribution in [-0.4, -0.2) is 19.2 Å². The molecule has 3 heteroatoms. The lowest BCUT2D eigenvalue weighted by Gasteiger charge is -2.18. The smallest absolute Gasteiger partial charge is 0.106 e. The molecular weight excluding hydrogens is 116 g/mol. The van der Waals surface area contributed by atoms with E-state index in [1.165, 1.54) is 0 Å². The average Bonchev–Trinajstić information content (AvgIpc) is 1.90. The molecule has 0 aromatic heterocycles. The Morgan fingerprint density at radius 3 is 3.00 bits per heavy atom. The molecular formula is C6H12N2O. The van der Waals surface area contributed by atoms with Crippen molar-refractivity contribution in [2.45, 2.75) is 12.5 Å². The normalized spacial score (nSPS) is 26.9. The van der Waals surface area contributed by atoms with Crippen LogP contribution in [0.3, 0.4) is 0 Å². The van der Waals surface area contributed by atoms with Crippen LogP contribution in [0, 0.1) is 0 Å². The Hall–Kier alpha value is -0.540. The van der Waals surface area contributed by atoms with Gasteiger partial charge < -0.3 is 16.2 Å². The van der Waals surface area contributed by atoms with E-state index >= 15 is 0 Å². The molecule has 1 unspecified atom stereocenters. The van der Waals surface area contributed by atoms with Crippen molar-refractivity contribution in [3.05, 3.63) is 11.8 Å². The van der Waals surface area contributed by atoms with Crippen molar-refractivity contribution in [2.24, 2.45) is 11.5 Å². The molecule has 1 atom stereocenters. The first-order valence-electron chi connectivity index (χ1n) is 3.10. The Balaban J connectivity index is 2.40. The predicted molar refractivity (Wildman–Crippen MR) is 35.7 cm³/mol. The van der Waals surface area contributed by atoms with Gasteiger partial charge >= 0.3 is 0 Å². The molecule has 1 aliphatic rings. The molecule has 52 valence electrons. The van der Waals surface area contributed by atoms with Crippen LogP contribution >= 0.6 is 0 Å². The van der Waals surface area contributed by atoms with Crippen molar-refractivity contribution in [1.82, 2.24) is 0 Å². The lowest BCUT2D eigenvalue weighted by Crippen LogP contribution is -2.29. The topological polar surface area (TPSA) is 61.3 Å². The van der Waals surface area contributed by atoms with E-state index < -0.39 is 0 Å². The number of ether oxygens (including phenoxy) is 1. The number of hydrogen-bond donors (Lipinski definition) is 2. The van der Waals surface area contributed by atoms with Crippen molar-refractivity contribution >= 4 is 0 Å². The summed E-state index contributed by atoms with van der Waals surface area (Å²) in [5, 5.41) is 0. The lowest BCUT2D eigenvalue weighted by atomic mass is 10.2. The van der Waals surface area contributed by atoms with Crippen LogP contribution in [0.1, 0.15) is 6.42 Å². The minimum Gasteiger partial charge on any atom is -0.495 e. The van der Waals surface area contributed by atoms with Crippen molar-refractivity contribution < 1.29 is 4.74 Å². The van der Waals surface area contributed by atoms with E-state index in [1.807, 2.05) is 6.08 Å². The van der Waals surface area contributed by atoms with Crippen molar-refractivity contribution in [2.75, 3.05) is 13.2 Å². The van der Waals surface area contributed by atoms with Crippen molar-refractivity contribution in [1.29, 1.82) is 0 Å². The summed E-state index contributed by atoms with van der Waals surface area (Å²) in [5.74, 6) is 0.872. The Morgan fingerprint density at radius 2 is 2.56 bits per heavy atom. The Bertz CT molecular complexity index is 122. The lowest BCUT2D eigenvalue weighted by molar-refractivity contribution is 0.174. The molecule has 0 aliphatic carbocycles. The molecule has 0 aromatic carbocycles. The summed E-state index contributed by atoms with van der Waals surface area (Å²) in [7, 11) is 0. The van der Waals surface area contributed by atoms with Gasteiger partial charge in [0.2, 0.25) is 0 Å². The molecule has 0 amide bonds. The standard InChI is InChI=1S/C6H12N2O/c7-3-6-2-1-5(8)4-9-6/h2,5H,1,3-4,7-8H2. The molecule has 1 heterocycles. The Kier molecular flexibility index (Phi) is 2.08. The Morgan fingerprint density at radius 1 is 1.78 bits per heavy atom. The first kappa shape index (κ1) is 6.58. The fourth-order valence-corrected chi connectivity index (χ4v) is 0.766. The van der Waals surface area contributed by atoms with Crippen LogP contribution in [0.4, 0.5) is 0 Å². The first-order chi connectivity index (χ1) is 4.33. The van der Waals surface area contributed by atoms with Gasteiger partial charge in [-0.2, -0.15) is 0 Å². The summed E-state index contributed by atoms with van der Waals surface area (Å²) in [6.45, 7) is 1.11. The van der Waals surface area contributed by atoms with E-state index in [1.54, 1.807) is 0 Å². The van der Waals surface area contributed by atoms with Crippen LogP contribution in [-0.2, 0) is 4.74 Å². The summed E-state index contributed by atoms with van der Waals surface area (Å²) in [6, 6.07) is 0.167. The molecule has 0 saturated carbocycles. The molecule has 1 aliphatic heterocycles. The highest BCUT2D eigenvalue weighted by molar-refractivity contribution is 4.99. The molecule has 9 heavy (non-hydrogen) atoms. The van der Waals surface area contributed by atoms with Gasteiger partial charge in [0, 0.05) is 6.04 Å². The van der Waals surface area contributed by atoms with Gasteiger partial charge in [0.1, 0.15) is 12.4 Å². The second kappa shape index (κ2) is 2.85. The van der Waals surface area contributed by atoms with Crippen LogP contribution in [0.15, 0.2) is 11.8 Å². The summed E-state index contributed by atoms with van der Waals surface area (Å²) in [5.41, 5.74) is 10.9. The zero-order valence-corrected chi connectivity index (χ0v) is 5.34. The molecule has 0 bridgehead atoms. The predicted octanol–water partition coefficient (Wildman–Crippen LogP) is -0.423. The largest absolute Gasteiger partial charge is 0.495 e. The second-order valence-corrected chi connectivity index (χ2v) is 2.18. The highest BCUT2D eigenvalue weighted by atomic mass is 16.5. The number of rotatable bonds is 1. The molecule has 0 aromatic rings. The molecule has 3 nitrogen and oxygen atoms in total. The van der Waals surface area contributed by atoms with E-state index in [4.69, 9.17) is 16.2 Å². The van der Waals surface area contributed by atoms with E-state index in [0.717, 1.165) is 12.2 Å². The zero-order valence-electron chi connectivity index (χ0n) is 5.34. The van der Waals surface area contributed by atoms with Crippen LogP contribution in [0.5, 0.6) is 0 Å². The summed E-state index contributed by atoms with van der Waals surface area (Å²) >= 11 is 0. The highest BCUT2D eigenvalue weighted by Crippen LogP contribution is 2.06. The number of hydrogen-bond acceptors (Lipinski definition) is 3. The zero-order chi connectivity index (χ0) is 6.69. The molecule has 4 N–H and O–H groups in total. The molecule has 0 fully saturated rings. The third-order valence-corrected chi connectivity index (χ3v) is 1.33. The fraction of sp³-hybridized carbons (Fsp3) is 0.667. The minimum atomic E-state index is 0.167. The Labute approximate surface area is 54.7 Å². The van der Waals surface area contributed by atoms with Crippen LogP contribution in [0.2, 0.25) is 0 Å². The van der Waals surface area contributed by atoms with Gasteiger partial charge in [0.05, 0.1) is 6.54 Å². The summed E-state index contributed by atoms with van der Waals surface area (Å²) < 4.78 is 5.15. The number of nitrogens with two attached hydrogens (primary N) is 2. The van der Waals surface area contributed by atoms with E-state index in [2.05, 4.69) is 0 Å². The first-order valence-corrected chi connectivity index (χ1v) is 3.10. The quantitative estimate of drug-likeness (QED) is 0.504. The maximum atomic E-state index is 5.54. The molecule has 0 radical (unpaired) electrons.